The second-order valence-corrected chi connectivity index (χ2v) is 9.14. The molecule has 0 aliphatic rings. The fourth-order valence-electron chi connectivity index (χ4n) is 3.11. The van der Waals surface area contributed by atoms with E-state index in [2.05, 4.69) is 5.32 Å². The summed E-state index contributed by atoms with van der Waals surface area (Å²) in [6.07, 6.45) is 0.567. The van der Waals surface area contributed by atoms with E-state index in [4.69, 9.17) is 11.6 Å². The van der Waals surface area contributed by atoms with E-state index in [0.717, 1.165) is 16.9 Å². The third-order valence-electron chi connectivity index (χ3n) is 4.70. The number of amides is 2. The van der Waals surface area contributed by atoms with Crippen molar-refractivity contribution in [3.8, 4) is 0 Å². The Labute approximate surface area is 189 Å². The average molecular weight is 447 g/mol. The van der Waals surface area contributed by atoms with E-state index in [1.54, 1.807) is 16.7 Å². The van der Waals surface area contributed by atoms with Crippen LogP contribution in [0.5, 0.6) is 0 Å². The van der Waals surface area contributed by atoms with Crippen molar-refractivity contribution in [1.29, 1.82) is 0 Å². The predicted molar refractivity (Wildman–Crippen MR) is 127 cm³/mol. The molecule has 2 amide bonds. The van der Waals surface area contributed by atoms with E-state index < -0.39 is 6.04 Å². The molecule has 2 aromatic rings. The summed E-state index contributed by atoms with van der Waals surface area (Å²) in [5, 5.41) is 3.66. The number of thioether (sulfide) groups is 1. The minimum absolute atomic E-state index is 0.0275. The maximum atomic E-state index is 13.2. The largest absolute Gasteiger partial charge is 0.352 e. The first-order valence-electron chi connectivity index (χ1n) is 10.3. The molecule has 1 N–H and O–H groups in total. The maximum absolute atomic E-state index is 13.2. The van der Waals surface area contributed by atoms with Gasteiger partial charge in [0.25, 0.3) is 0 Å². The summed E-state index contributed by atoms with van der Waals surface area (Å²) < 4.78 is 0. The molecular weight excluding hydrogens is 416 g/mol. The van der Waals surface area contributed by atoms with Crippen LogP contribution in [0.1, 0.15) is 43.9 Å². The average Bonchev–Trinajstić information content (AvgIpc) is 2.70. The molecule has 2 rings (SSSR count). The van der Waals surface area contributed by atoms with Gasteiger partial charge < -0.3 is 10.2 Å². The molecule has 0 saturated heterocycles. The molecule has 2 aromatic carbocycles. The number of hydrogen-bond acceptors (Lipinski definition) is 3. The Morgan fingerprint density at radius 1 is 1.03 bits per heavy atom. The van der Waals surface area contributed by atoms with Crippen LogP contribution in [0.2, 0.25) is 5.02 Å². The lowest BCUT2D eigenvalue weighted by molar-refractivity contribution is -0.139. The van der Waals surface area contributed by atoms with Crippen LogP contribution in [0.15, 0.2) is 48.5 Å². The highest BCUT2D eigenvalue weighted by Crippen LogP contribution is 2.19. The van der Waals surface area contributed by atoms with Gasteiger partial charge in [0.1, 0.15) is 6.04 Å². The molecule has 0 aliphatic heterocycles. The van der Waals surface area contributed by atoms with Crippen LogP contribution in [0.3, 0.4) is 0 Å². The Bertz CT molecular complexity index is 822. The summed E-state index contributed by atoms with van der Waals surface area (Å²) >= 11 is 7.48. The Morgan fingerprint density at radius 2 is 1.63 bits per heavy atom. The van der Waals surface area contributed by atoms with Crippen LogP contribution in [-0.2, 0) is 21.9 Å². The van der Waals surface area contributed by atoms with E-state index in [9.17, 15) is 9.59 Å². The van der Waals surface area contributed by atoms with Gasteiger partial charge in [0.15, 0.2) is 0 Å². The molecule has 6 heteroatoms. The van der Waals surface area contributed by atoms with Gasteiger partial charge in [-0.15, -0.1) is 11.8 Å². The van der Waals surface area contributed by atoms with Crippen LogP contribution in [-0.4, -0.2) is 34.6 Å². The number of aryl methyl sites for hydroxylation is 1. The number of benzene rings is 2. The number of hydrogen-bond donors (Lipinski definition) is 1. The molecule has 1 atom stereocenters. The lowest BCUT2D eigenvalue weighted by atomic mass is 10.1. The van der Waals surface area contributed by atoms with Gasteiger partial charge in [-0.3, -0.25) is 9.59 Å². The molecule has 0 bridgehead atoms. The molecular formula is C24H31ClN2O2S. The van der Waals surface area contributed by atoms with Crippen molar-refractivity contribution in [2.75, 3.05) is 5.75 Å². The number of nitrogens with one attached hydrogen (secondary N) is 1. The molecule has 0 unspecified atom stereocenters. The molecule has 0 radical (unpaired) electrons. The molecule has 4 nitrogen and oxygen atoms in total. The first kappa shape index (κ1) is 24.3. The zero-order valence-electron chi connectivity index (χ0n) is 18.2. The van der Waals surface area contributed by atoms with Gasteiger partial charge in [-0.2, -0.15) is 0 Å². The summed E-state index contributed by atoms with van der Waals surface area (Å²) in [4.78, 5) is 27.7. The van der Waals surface area contributed by atoms with Crippen molar-refractivity contribution in [2.24, 2.45) is 0 Å². The normalized spacial score (nSPS) is 11.9. The Kier molecular flexibility index (Phi) is 9.73. The minimum atomic E-state index is -0.489. The van der Waals surface area contributed by atoms with Crippen molar-refractivity contribution in [1.82, 2.24) is 10.2 Å². The predicted octanol–water partition coefficient (Wildman–Crippen LogP) is 5.21. The first-order chi connectivity index (χ1) is 14.3. The highest BCUT2D eigenvalue weighted by atomic mass is 35.5. The number of carbonyl (C=O) groups is 2. The Balaban J connectivity index is 2.11. The van der Waals surface area contributed by atoms with Crippen LogP contribution in [0, 0.1) is 6.92 Å². The van der Waals surface area contributed by atoms with Crippen LogP contribution >= 0.6 is 23.4 Å². The van der Waals surface area contributed by atoms with Crippen molar-refractivity contribution >= 4 is 35.2 Å². The lowest BCUT2D eigenvalue weighted by Crippen LogP contribution is -2.50. The number of halogens is 1. The van der Waals surface area contributed by atoms with Gasteiger partial charge >= 0.3 is 0 Å². The molecule has 0 aliphatic carbocycles. The molecule has 0 fully saturated rings. The second-order valence-electron chi connectivity index (χ2n) is 7.71. The fourth-order valence-corrected chi connectivity index (χ4v) is 4.11. The standard InChI is InChI=1S/C24H31ClN2O2S/c1-5-22(24(29)26-17(2)3)27(14-19-8-6-18(4)7-9-19)23(28)16-30-15-20-10-12-21(25)13-11-20/h6-13,17,22H,5,14-16H2,1-4H3,(H,26,29)/t22-/m1/s1. The zero-order valence-corrected chi connectivity index (χ0v) is 19.7. The van der Waals surface area contributed by atoms with Crippen molar-refractivity contribution in [2.45, 2.75) is 58.5 Å². The van der Waals surface area contributed by atoms with E-state index >= 15 is 0 Å². The van der Waals surface area contributed by atoms with Crippen molar-refractivity contribution in [3.63, 3.8) is 0 Å². The topological polar surface area (TPSA) is 49.4 Å². The van der Waals surface area contributed by atoms with Gasteiger partial charge in [-0.1, -0.05) is 60.5 Å². The number of rotatable bonds is 10. The first-order valence-corrected chi connectivity index (χ1v) is 11.8. The molecule has 162 valence electrons. The quantitative estimate of drug-likeness (QED) is 0.544. The second kappa shape index (κ2) is 12.0. The van der Waals surface area contributed by atoms with E-state index in [-0.39, 0.29) is 17.9 Å². The van der Waals surface area contributed by atoms with E-state index in [1.165, 1.54) is 5.56 Å². The summed E-state index contributed by atoms with van der Waals surface area (Å²) in [6, 6.07) is 15.3. The molecule has 0 heterocycles. The van der Waals surface area contributed by atoms with Gasteiger partial charge in [-0.05, 0) is 50.5 Å². The SMILES string of the molecule is CC[C@H](C(=O)NC(C)C)N(Cc1ccc(C)cc1)C(=O)CSCc1ccc(Cl)cc1. The third kappa shape index (κ3) is 7.69. The smallest absolute Gasteiger partial charge is 0.243 e. The van der Waals surface area contributed by atoms with Crippen molar-refractivity contribution in [3.05, 3.63) is 70.2 Å². The van der Waals surface area contributed by atoms with Gasteiger partial charge in [-0.25, -0.2) is 0 Å². The number of carbonyl (C=O) groups excluding carboxylic acids is 2. The van der Waals surface area contributed by atoms with E-state index in [1.807, 2.05) is 76.2 Å². The van der Waals surface area contributed by atoms with Crippen molar-refractivity contribution < 1.29 is 9.59 Å². The van der Waals surface area contributed by atoms with Gasteiger partial charge in [0.05, 0.1) is 5.75 Å². The maximum Gasteiger partial charge on any atom is 0.243 e. The highest BCUT2D eigenvalue weighted by molar-refractivity contribution is 7.99. The lowest BCUT2D eigenvalue weighted by Gasteiger charge is -2.31. The molecule has 0 aromatic heterocycles. The molecule has 0 spiro atoms. The van der Waals surface area contributed by atoms with E-state index in [0.29, 0.717) is 23.7 Å². The van der Waals surface area contributed by atoms with Crippen LogP contribution < -0.4 is 5.32 Å². The summed E-state index contributed by atoms with van der Waals surface area (Å²) in [5.74, 6) is 0.909. The zero-order chi connectivity index (χ0) is 22.1. The highest BCUT2D eigenvalue weighted by Gasteiger charge is 2.28. The summed E-state index contributed by atoms with van der Waals surface area (Å²) in [5.41, 5.74) is 3.30. The monoisotopic (exact) mass is 446 g/mol. The summed E-state index contributed by atoms with van der Waals surface area (Å²) in [7, 11) is 0. The molecule has 0 saturated carbocycles. The molecule has 30 heavy (non-hydrogen) atoms. The summed E-state index contributed by atoms with van der Waals surface area (Å²) in [6.45, 7) is 8.26. The fraction of sp³-hybridized carbons (Fsp3) is 0.417. The van der Waals surface area contributed by atoms with Gasteiger partial charge in [0.2, 0.25) is 11.8 Å². The van der Waals surface area contributed by atoms with Gasteiger partial charge in [0, 0.05) is 23.4 Å². The number of nitrogens with zero attached hydrogens (tertiary/aromatic N) is 1. The Morgan fingerprint density at radius 3 is 2.20 bits per heavy atom. The third-order valence-corrected chi connectivity index (χ3v) is 5.94. The van der Waals surface area contributed by atoms with Crippen LogP contribution in [0.4, 0.5) is 0 Å². The van der Waals surface area contributed by atoms with Crippen LogP contribution in [0.25, 0.3) is 0 Å². The minimum Gasteiger partial charge on any atom is -0.352 e. The Hall–Kier alpha value is -1.98.